The van der Waals surface area contributed by atoms with Gasteiger partial charge < -0.3 is 20.9 Å². The second-order valence-electron chi connectivity index (χ2n) is 7.40. The number of alkyl halides is 2. The van der Waals surface area contributed by atoms with E-state index in [0.717, 1.165) is 0 Å². The van der Waals surface area contributed by atoms with Gasteiger partial charge in [-0.25, -0.2) is 18.7 Å². The fourth-order valence-electron chi connectivity index (χ4n) is 3.24. The van der Waals surface area contributed by atoms with E-state index in [-0.39, 0.29) is 17.2 Å². The molecule has 0 saturated heterocycles. The van der Waals surface area contributed by atoms with Crippen molar-refractivity contribution < 1.29 is 23.2 Å². The quantitative estimate of drug-likeness (QED) is 0.177. The van der Waals surface area contributed by atoms with E-state index < -0.39 is 23.4 Å². The van der Waals surface area contributed by atoms with E-state index in [9.17, 15) is 18.4 Å². The predicted molar refractivity (Wildman–Crippen MR) is 152 cm³/mol. The number of rotatable bonds is 9. The standard InChI is InChI=1S/C22H24ClFN6O2.C2H2ClFO.C2H6/c1-4-30(5-2)22(32)19(25-3)21(31)29-13-7-9-18-15(10-13)20(27-12-26-18)28-14-6-8-17(24)16(23)11-14;3-2(4)1-5;1-2/h6-12,19,25H,4-5H2,1-3H3,(H,29,31)(H,26,27,28);1-2H;1-2H3. The number of nitrogens with zero attached hydrogens (tertiary/aromatic N) is 3. The lowest BCUT2D eigenvalue weighted by atomic mass is 10.1. The topological polar surface area (TPSA) is 116 Å². The normalized spacial score (nSPS) is 11.6. The van der Waals surface area contributed by atoms with Gasteiger partial charge in [0.2, 0.25) is 11.5 Å². The molecule has 13 heteroatoms. The molecule has 2 atom stereocenters. The monoisotopic (exact) mass is 584 g/mol. The molecule has 2 unspecified atom stereocenters. The van der Waals surface area contributed by atoms with Crippen LogP contribution in [0.1, 0.15) is 27.7 Å². The van der Waals surface area contributed by atoms with Gasteiger partial charge in [0.15, 0.2) is 12.3 Å². The number of halogens is 4. The number of aromatic nitrogens is 2. The highest BCUT2D eigenvalue weighted by molar-refractivity contribution is 6.31. The zero-order valence-electron chi connectivity index (χ0n) is 22.3. The number of anilines is 3. The molecule has 0 saturated carbocycles. The predicted octanol–water partition coefficient (Wildman–Crippen LogP) is 5.31. The van der Waals surface area contributed by atoms with E-state index in [2.05, 4.69) is 37.5 Å². The van der Waals surface area contributed by atoms with E-state index in [0.29, 0.717) is 41.2 Å². The molecule has 0 aliphatic heterocycles. The number of benzene rings is 2. The number of fused-ring (bicyclic) bond motifs is 1. The summed E-state index contributed by atoms with van der Waals surface area (Å²) in [5.74, 6) is -0.832. The van der Waals surface area contributed by atoms with Crippen molar-refractivity contribution in [2.45, 2.75) is 39.4 Å². The largest absolute Gasteiger partial charge is 0.341 e. The Labute approximate surface area is 236 Å². The summed E-state index contributed by atoms with van der Waals surface area (Å²) in [6, 6.07) is 8.36. The van der Waals surface area contributed by atoms with Crippen molar-refractivity contribution in [1.29, 1.82) is 0 Å². The van der Waals surface area contributed by atoms with E-state index in [4.69, 9.17) is 16.4 Å². The smallest absolute Gasteiger partial charge is 0.251 e. The Morgan fingerprint density at radius 2 is 1.69 bits per heavy atom. The summed E-state index contributed by atoms with van der Waals surface area (Å²) >= 11 is 10.3. The van der Waals surface area contributed by atoms with Gasteiger partial charge in [-0.15, -0.1) is 0 Å². The van der Waals surface area contributed by atoms with E-state index in [1.165, 1.54) is 24.5 Å². The molecule has 0 fully saturated rings. The van der Waals surface area contributed by atoms with Crippen LogP contribution in [-0.2, 0) is 14.4 Å². The molecule has 1 heterocycles. The number of nitrogens with one attached hydrogen (secondary N) is 3. The first-order chi connectivity index (χ1) is 18.6. The average Bonchev–Trinajstić information content (AvgIpc) is 2.93. The molecule has 2 amide bonds. The Morgan fingerprint density at radius 3 is 2.23 bits per heavy atom. The Bertz CT molecular complexity index is 1250. The fraction of sp³-hybridized carbons (Fsp3) is 0.346. The van der Waals surface area contributed by atoms with Crippen LogP contribution in [0.3, 0.4) is 0 Å². The van der Waals surface area contributed by atoms with Gasteiger partial charge in [-0.2, -0.15) is 0 Å². The van der Waals surface area contributed by atoms with Crippen LogP contribution in [-0.4, -0.2) is 64.8 Å². The molecule has 0 aliphatic carbocycles. The molecule has 212 valence electrons. The average molecular weight is 585 g/mol. The Kier molecular flexibility index (Phi) is 14.9. The maximum Gasteiger partial charge on any atom is 0.251 e. The van der Waals surface area contributed by atoms with Crippen LogP contribution in [0, 0.1) is 5.82 Å². The summed E-state index contributed by atoms with van der Waals surface area (Å²) < 4.78 is 24.3. The van der Waals surface area contributed by atoms with E-state index in [1.54, 1.807) is 30.1 Å². The molecular weight excluding hydrogens is 553 g/mol. The first-order valence-corrected chi connectivity index (χ1v) is 12.9. The minimum Gasteiger partial charge on any atom is -0.341 e. The third-order valence-electron chi connectivity index (χ3n) is 5.06. The lowest BCUT2D eigenvalue weighted by molar-refractivity contribution is -0.137. The molecule has 1 aromatic heterocycles. The highest BCUT2D eigenvalue weighted by atomic mass is 35.5. The Morgan fingerprint density at radius 1 is 1.08 bits per heavy atom. The molecular formula is C26H32Cl2F2N6O3. The molecule has 0 spiro atoms. The second kappa shape index (κ2) is 17.2. The third-order valence-corrected chi connectivity index (χ3v) is 5.45. The summed E-state index contributed by atoms with van der Waals surface area (Å²) in [6.45, 7) is 8.74. The van der Waals surface area contributed by atoms with Crippen molar-refractivity contribution in [2.75, 3.05) is 30.8 Å². The number of hydrogen-bond acceptors (Lipinski definition) is 7. The van der Waals surface area contributed by atoms with Gasteiger partial charge in [0.25, 0.3) is 5.91 Å². The van der Waals surface area contributed by atoms with Crippen molar-refractivity contribution in [3.63, 3.8) is 0 Å². The molecule has 3 aromatic rings. The molecule has 3 N–H and O–H groups in total. The van der Waals surface area contributed by atoms with Crippen molar-refractivity contribution in [3.05, 3.63) is 53.6 Å². The minimum atomic E-state index is -1.82. The minimum absolute atomic E-state index is 0.0154. The van der Waals surface area contributed by atoms with Crippen molar-refractivity contribution in [3.8, 4) is 0 Å². The molecule has 9 nitrogen and oxygen atoms in total. The highest BCUT2D eigenvalue weighted by Gasteiger charge is 2.28. The number of amides is 2. The lowest BCUT2D eigenvalue weighted by Gasteiger charge is -2.24. The number of hydrogen-bond donors (Lipinski definition) is 3. The lowest BCUT2D eigenvalue weighted by Crippen LogP contribution is -2.51. The van der Waals surface area contributed by atoms with Gasteiger partial charge >= 0.3 is 0 Å². The Balaban J connectivity index is 0.000000975. The van der Waals surface area contributed by atoms with Crippen LogP contribution in [0.2, 0.25) is 5.02 Å². The van der Waals surface area contributed by atoms with Crippen molar-refractivity contribution >= 4 is 69.4 Å². The zero-order valence-corrected chi connectivity index (χ0v) is 23.8. The van der Waals surface area contributed by atoms with Gasteiger partial charge in [-0.3, -0.25) is 14.4 Å². The van der Waals surface area contributed by atoms with E-state index >= 15 is 0 Å². The van der Waals surface area contributed by atoms with Crippen LogP contribution in [0.4, 0.5) is 26.0 Å². The summed E-state index contributed by atoms with van der Waals surface area (Å²) in [7, 11) is 1.57. The first kappa shape index (κ1) is 33.6. The zero-order chi connectivity index (χ0) is 29.5. The highest BCUT2D eigenvalue weighted by Crippen LogP contribution is 2.27. The van der Waals surface area contributed by atoms with Crippen LogP contribution in [0.15, 0.2) is 42.7 Å². The Hall–Kier alpha value is -3.41. The first-order valence-electron chi connectivity index (χ1n) is 12.1. The van der Waals surface area contributed by atoms with Gasteiger partial charge in [0, 0.05) is 29.9 Å². The molecule has 0 bridgehead atoms. The van der Waals surface area contributed by atoms with Gasteiger partial charge in [-0.1, -0.05) is 37.0 Å². The maximum atomic E-state index is 13.5. The molecule has 3 rings (SSSR count). The molecule has 2 aromatic carbocycles. The third kappa shape index (κ3) is 10.0. The summed E-state index contributed by atoms with van der Waals surface area (Å²) in [4.78, 5) is 44.5. The summed E-state index contributed by atoms with van der Waals surface area (Å²) in [6.07, 6.45) is 1.41. The van der Waals surface area contributed by atoms with E-state index in [1.807, 2.05) is 27.7 Å². The molecule has 0 radical (unpaired) electrons. The molecule has 39 heavy (non-hydrogen) atoms. The SMILES string of the molecule is CC.CCN(CC)C(=O)C(NC)C(=O)Nc1ccc2ncnc(Nc3ccc(F)c(Cl)c3)c2c1.O=CC(F)Cl. The molecule has 0 aliphatic rings. The number of likely N-dealkylation sites (N-methyl/N-ethyl adjacent to an activating group) is 2. The summed E-state index contributed by atoms with van der Waals surface area (Å²) in [5, 5.41) is 9.25. The number of aldehydes is 1. The van der Waals surface area contributed by atoms with Gasteiger partial charge in [-0.05, 0) is 57.3 Å². The van der Waals surface area contributed by atoms with Crippen LogP contribution >= 0.6 is 23.2 Å². The van der Waals surface area contributed by atoms with Crippen molar-refractivity contribution in [1.82, 2.24) is 20.2 Å². The number of carbonyl (C=O) groups excluding carboxylic acids is 3. The second-order valence-corrected chi connectivity index (χ2v) is 8.22. The maximum absolute atomic E-state index is 13.5. The summed E-state index contributed by atoms with van der Waals surface area (Å²) in [5.41, 5.74) is -0.163. The van der Waals surface area contributed by atoms with Crippen LogP contribution < -0.4 is 16.0 Å². The van der Waals surface area contributed by atoms with Gasteiger partial charge in [0.1, 0.15) is 18.0 Å². The van der Waals surface area contributed by atoms with Crippen molar-refractivity contribution in [2.24, 2.45) is 0 Å². The van der Waals surface area contributed by atoms with Crippen LogP contribution in [0.5, 0.6) is 0 Å². The van der Waals surface area contributed by atoms with Gasteiger partial charge in [0.05, 0.1) is 10.5 Å². The fourth-order valence-corrected chi connectivity index (χ4v) is 3.42. The number of carbonyl (C=O) groups is 3. The van der Waals surface area contributed by atoms with Crippen LogP contribution in [0.25, 0.3) is 10.9 Å².